The zero-order valence-electron chi connectivity index (χ0n) is 27.6. The monoisotopic (exact) mass is 657 g/mol. The van der Waals surface area contributed by atoms with Crippen LogP contribution in [0.3, 0.4) is 0 Å². The van der Waals surface area contributed by atoms with Crippen molar-refractivity contribution in [3.8, 4) is 28.8 Å². The molecule has 2 aliphatic rings. The molecule has 0 amide bonds. The lowest BCUT2D eigenvalue weighted by molar-refractivity contribution is 0.00502. The van der Waals surface area contributed by atoms with Gasteiger partial charge in [0.05, 0.1) is 44.2 Å². The third-order valence-corrected chi connectivity index (χ3v) is 8.67. The molecule has 48 heavy (non-hydrogen) atoms. The number of hydrogen-bond acceptors (Lipinski definition) is 13. The molecular formula is C33H43N11O4. The largest absolute Gasteiger partial charge is 0.487 e. The van der Waals surface area contributed by atoms with E-state index < -0.39 is 0 Å². The Balaban J connectivity index is 1.13. The van der Waals surface area contributed by atoms with Gasteiger partial charge in [0.1, 0.15) is 29.9 Å². The van der Waals surface area contributed by atoms with E-state index in [4.69, 9.17) is 24.0 Å². The van der Waals surface area contributed by atoms with Crippen LogP contribution in [-0.2, 0) is 16.0 Å². The fourth-order valence-corrected chi connectivity index (χ4v) is 6.19. The molecule has 1 saturated carbocycles. The topological polar surface area (TPSA) is 163 Å². The summed E-state index contributed by atoms with van der Waals surface area (Å²) in [5.74, 6) is 1.42. The van der Waals surface area contributed by atoms with Crippen LogP contribution >= 0.6 is 0 Å². The Kier molecular flexibility index (Phi) is 11.4. The molecule has 1 aliphatic heterocycles. The lowest BCUT2D eigenvalue weighted by Crippen LogP contribution is -2.45. The molecule has 1 atom stereocenters. The zero-order valence-corrected chi connectivity index (χ0v) is 27.6. The van der Waals surface area contributed by atoms with Crippen molar-refractivity contribution in [2.24, 2.45) is 0 Å². The number of tetrazole rings is 1. The minimum absolute atomic E-state index is 0.269. The number of hydrogen-bond donors (Lipinski definition) is 1. The lowest BCUT2D eigenvalue weighted by atomic mass is 9.90. The molecule has 15 nitrogen and oxygen atoms in total. The smallest absolute Gasteiger partial charge is 0.256 e. The van der Waals surface area contributed by atoms with Gasteiger partial charge in [-0.05, 0) is 67.7 Å². The summed E-state index contributed by atoms with van der Waals surface area (Å²) in [5, 5.41) is 29.1. The Bertz CT molecular complexity index is 1610. The molecular weight excluding hydrogens is 614 g/mol. The highest BCUT2D eigenvalue weighted by molar-refractivity contribution is 5.67. The third kappa shape index (κ3) is 8.62. The number of ether oxygens (including phenoxy) is 4. The number of aromatic nitrogens is 8. The molecule has 0 radical (unpaired) electrons. The minimum atomic E-state index is -0.269. The van der Waals surface area contributed by atoms with Gasteiger partial charge in [0.15, 0.2) is 0 Å². The zero-order chi connectivity index (χ0) is 33.1. The molecule has 2 fully saturated rings. The van der Waals surface area contributed by atoms with E-state index in [0.29, 0.717) is 61.6 Å². The summed E-state index contributed by atoms with van der Waals surface area (Å²) in [7, 11) is 0. The van der Waals surface area contributed by atoms with Crippen LogP contribution in [0, 0.1) is 11.3 Å². The van der Waals surface area contributed by atoms with Crippen molar-refractivity contribution >= 4 is 11.6 Å². The fourth-order valence-electron chi connectivity index (χ4n) is 6.19. The van der Waals surface area contributed by atoms with Crippen LogP contribution < -0.4 is 14.8 Å². The average molecular weight is 658 g/mol. The molecule has 1 aromatic carbocycles. The minimum Gasteiger partial charge on any atom is -0.487 e. The van der Waals surface area contributed by atoms with Crippen LogP contribution in [0.4, 0.5) is 11.6 Å². The second-order valence-electron chi connectivity index (χ2n) is 12.0. The number of nitrogens with one attached hydrogen (secondary N) is 1. The van der Waals surface area contributed by atoms with E-state index in [1.807, 2.05) is 36.9 Å². The van der Waals surface area contributed by atoms with Crippen LogP contribution in [0.2, 0.25) is 0 Å². The van der Waals surface area contributed by atoms with Crippen LogP contribution in [0.5, 0.6) is 11.6 Å². The first-order valence-corrected chi connectivity index (χ1v) is 16.7. The number of morpholine rings is 1. The summed E-state index contributed by atoms with van der Waals surface area (Å²) in [6.45, 7) is 9.82. The fraction of sp³-hybridized carbons (Fsp3) is 0.545. The van der Waals surface area contributed by atoms with Crippen LogP contribution in [0.25, 0.3) is 11.1 Å². The summed E-state index contributed by atoms with van der Waals surface area (Å²) >= 11 is 0. The van der Waals surface area contributed by atoms with Gasteiger partial charge in [0, 0.05) is 56.7 Å². The Hall–Kier alpha value is -4.65. The molecule has 15 heteroatoms. The maximum Gasteiger partial charge on any atom is 0.256 e. The number of rotatable bonds is 15. The van der Waals surface area contributed by atoms with Crippen molar-refractivity contribution in [1.29, 1.82) is 5.26 Å². The third-order valence-electron chi connectivity index (χ3n) is 8.67. The molecule has 0 spiro atoms. The van der Waals surface area contributed by atoms with Gasteiger partial charge in [0.2, 0.25) is 5.95 Å². The summed E-state index contributed by atoms with van der Waals surface area (Å²) in [6.07, 6.45) is 11.9. The van der Waals surface area contributed by atoms with Crippen LogP contribution in [0.15, 0.2) is 43.1 Å². The van der Waals surface area contributed by atoms with Gasteiger partial charge in [-0.2, -0.15) is 5.26 Å². The van der Waals surface area contributed by atoms with Crippen molar-refractivity contribution in [3.63, 3.8) is 0 Å². The molecule has 1 unspecified atom stereocenters. The van der Waals surface area contributed by atoms with Crippen molar-refractivity contribution < 1.29 is 18.9 Å². The standard InChI is InChI=1S/C33H43N11O4/c1-3-45-13-4-14-47-32-30(22-44(39-32)29-9-7-28(8-10-29)42-11-15-46-16-12-42)38-33-35-19-27(20-36-33)25-5-6-26(18-34)31(17-25)48-24(2)21-43-23-37-40-41-43/h5-6,17,19-20,22-24,28-29H,3-4,7-16,21H2,1-2H3,(H,35,36,38). The molecule has 3 aromatic heterocycles. The van der Waals surface area contributed by atoms with Crippen molar-refractivity contribution in [1.82, 2.24) is 44.9 Å². The first-order chi connectivity index (χ1) is 23.6. The Morgan fingerprint density at radius 2 is 1.85 bits per heavy atom. The van der Waals surface area contributed by atoms with Gasteiger partial charge in [-0.1, -0.05) is 6.07 Å². The molecule has 1 saturated heterocycles. The summed E-state index contributed by atoms with van der Waals surface area (Å²) < 4.78 is 26.9. The Morgan fingerprint density at radius 3 is 2.58 bits per heavy atom. The molecule has 1 N–H and O–H groups in total. The quantitative estimate of drug-likeness (QED) is 0.183. The van der Waals surface area contributed by atoms with Crippen molar-refractivity contribution in [2.45, 2.75) is 70.7 Å². The van der Waals surface area contributed by atoms with Gasteiger partial charge >= 0.3 is 0 Å². The van der Waals surface area contributed by atoms with E-state index in [-0.39, 0.29) is 6.10 Å². The van der Waals surface area contributed by atoms with Crippen molar-refractivity contribution in [2.75, 3.05) is 51.4 Å². The first-order valence-electron chi connectivity index (χ1n) is 16.7. The molecule has 4 aromatic rings. The van der Waals surface area contributed by atoms with E-state index in [1.165, 1.54) is 6.33 Å². The maximum absolute atomic E-state index is 9.66. The summed E-state index contributed by atoms with van der Waals surface area (Å²) in [5.41, 5.74) is 2.76. The normalized spacial score (nSPS) is 19.0. The number of nitriles is 1. The predicted octanol–water partition coefficient (Wildman–Crippen LogP) is 4.03. The van der Waals surface area contributed by atoms with E-state index in [2.05, 4.69) is 41.8 Å². The van der Waals surface area contributed by atoms with Gasteiger partial charge in [-0.25, -0.2) is 14.6 Å². The van der Waals surface area contributed by atoms with Crippen LogP contribution in [-0.4, -0.2) is 103 Å². The lowest BCUT2D eigenvalue weighted by Gasteiger charge is -2.38. The Morgan fingerprint density at radius 1 is 1.06 bits per heavy atom. The highest BCUT2D eigenvalue weighted by Gasteiger charge is 2.29. The first kappa shape index (κ1) is 33.3. The molecule has 6 rings (SSSR count). The second kappa shape index (κ2) is 16.4. The van der Waals surface area contributed by atoms with Gasteiger partial charge in [-0.3, -0.25) is 9.58 Å². The molecule has 0 bridgehead atoms. The predicted molar refractivity (Wildman–Crippen MR) is 176 cm³/mol. The van der Waals surface area contributed by atoms with E-state index in [9.17, 15) is 5.26 Å². The highest BCUT2D eigenvalue weighted by atomic mass is 16.5. The number of nitrogens with zero attached hydrogens (tertiary/aromatic N) is 10. The average Bonchev–Trinajstić information content (AvgIpc) is 3.79. The molecule has 1 aliphatic carbocycles. The second-order valence-corrected chi connectivity index (χ2v) is 12.0. The van der Waals surface area contributed by atoms with Gasteiger partial charge in [-0.15, -0.1) is 10.2 Å². The van der Waals surface area contributed by atoms with E-state index in [0.717, 1.165) is 75.2 Å². The maximum atomic E-state index is 9.66. The van der Waals surface area contributed by atoms with Gasteiger partial charge in [0.25, 0.3) is 5.88 Å². The highest BCUT2D eigenvalue weighted by Crippen LogP contribution is 2.35. The van der Waals surface area contributed by atoms with Crippen LogP contribution in [0.1, 0.15) is 57.6 Å². The van der Waals surface area contributed by atoms with E-state index >= 15 is 0 Å². The SMILES string of the molecule is CCOCCCOc1nn(C2CCC(N3CCOCC3)CC2)cc1Nc1ncc(-c2ccc(C#N)c(OC(C)Cn3cnnn3)c2)cn1. The molecule has 4 heterocycles. The summed E-state index contributed by atoms with van der Waals surface area (Å²) in [6, 6.07) is 8.53. The van der Waals surface area contributed by atoms with E-state index in [1.54, 1.807) is 23.1 Å². The number of benzene rings is 1. The molecule has 254 valence electrons. The summed E-state index contributed by atoms with van der Waals surface area (Å²) in [4.78, 5) is 11.8. The van der Waals surface area contributed by atoms with Gasteiger partial charge < -0.3 is 24.3 Å². The van der Waals surface area contributed by atoms with Crippen molar-refractivity contribution in [3.05, 3.63) is 48.7 Å². The number of anilines is 2. The Labute approximate surface area is 280 Å².